The molecule has 0 aliphatic rings. The van der Waals surface area contributed by atoms with Gasteiger partial charge in [0.2, 0.25) is 5.95 Å². The summed E-state index contributed by atoms with van der Waals surface area (Å²) in [5.41, 5.74) is 2.54. The highest BCUT2D eigenvalue weighted by molar-refractivity contribution is 7.16. The summed E-state index contributed by atoms with van der Waals surface area (Å²) in [4.78, 5) is 12.1. The van der Waals surface area contributed by atoms with E-state index < -0.39 is 0 Å². The van der Waals surface area contributed by atoms with E-state index in [0.29, 0.717) is 5.95 Å². The second kappa shape index (κ2) is 5.97. The minimum atomic E-state index is 0.481. The highest BCUT2D eigenvalue weighted by Gasteiger charge is 2.13. The third-order valence-electron chi connectivity index (χ3n) is 2.90. The number of aromatic nitrogens is 2. The normalized spacial score (nSPS) is 10.8. The van der Waals surface area contributed by atoms with Gasteiger partial charge in [-0.15, -0.1) is 11.3 Å². The first-order chi connectivity index (χ1) is 8.80. The van der Waals surface area contributed by atoms with Gasteiger partial charge in [0.05, 0.1) is 5.39 Å². The van der Waals surface area contributed by atoms with Crippen molar-refractivity contribution in [1.82, 2.24) is 9.97 Å². The Morgan fingerprint density at radius 3 is 2.89 bits per heavy atom. The van der Waals surface area contributed by atoms with Crippen molar-refractivity contribution in [3.05, 3.63) is 11.4 Å². The van der Waals surface area contributed by atoms with Crippen LogP contribution in [-0.4, -0.2) is 23.1 Å². The number of hydrogen-bond acceptors (Lipinski definition) is 6. The monoisotopic (exact) mass is 265 g/mol. The first-order valence-corrected chi connectivity index (χ1v) is 7.14. The van der Waals surface area contributed by atoms with E-state index >= 15 is 0 Å². The molecule has 2 heterocycles. The molecule has 0 aromatic carbocycles. The topological polar surface area (TPSA) is 67.1 Å². The summed E-state index contributed by atoms with van der Waals surface area (Å²) in [5.74, 6) is 6.89. The fourth-order valence-corrected chi connectivity index (χ4v) is 2.67. The van der Waals surface area contributed by atoms with Crippen LogP contribution in [0.15, 0.2) is 11.4 Å². The van der Waals surface area contributed by atoms with Gasteiger partial charge in [0.15, 0.2) is 0 Å². The molecule has 0 spiro atoms. The van der Waals surface area contributed by atoms with Gasteiger partial charge in [0, 0.05) is 13.1 Å². The van der Waals surface area contributed by atoms with Crippen LogP contribution in [0.1, 0.15) is 26.7 Å². The Morgan fingerprint density at radius 1 is 1.39 bits per heavy atom. The summed E-state index contributed by atoms with van der Waals surface area (Å²) < 4.78 is 0. The first kappa shape index (κ1) is 13.0. The number of hydrazine groups is 1. The van der Waals surface area contributed by atoms with Crippen LogP contribution in [0.2, 0.25) is 0 Å². The van der Waals surface area contributed by atoms with Crippen LogP contribution in [0.25, 0.3) is 10.2 Å². The fourth-order valence-electron chi connectivity index (χ4n) is 1.91. The van der Waals surface area contributed by atoms with Crippen molar-refractivity contribution in [3.8, 4) is 0 Å². The van der Waals surface area contributed by atoms with Crippen molar-refractivity contribution < 1.29 is 0 Å². The molecule has 2 rings (SSSR count). The molecule has 2 aromatic heterocycles. The number of nitrogen functional groups attached to an aromatic ring is 1. The summed E-state index contributed by atoms with van der Waals surface area (Å²) >= 11 is 1.61. The summed E-state index contributed by atoms with van der Waals surface area (Å²) in [5, 5.41) is 3.15. The highest BCUT2D eigenvalue weighted by Crippen LogP contribution is 2.29. The average molecular weight is 265 g/mol. The number of thiophene rings is 1. The predicted octanol–water partition coefficient (Wildman–Crippen LogP) is 2.60. The number of hydrogen-bond donors (Lipinski definition) is 2. The molecule has 6 heteroatoms. The van der Waals surface area contributed by atoms with Gasteiger partial charge in [0.1, 0.15) is 10.6 Å². The van der Waals surface area contributed by atoms with E-state index in [2.05, 4.69) is 40.2 Å². The van der Waals surface area contributed by atoms with E-state index in [1.807, 2.05) is 5.38 Å². The summed E-state index contributed by atoms with van der Waals surface area (Å²) in [6.45, 7) is 6.29. The minimum absolute atomic E-state index is 0.481. The maximum Gasteiger partial charge on any atom is 0.240 e. The quantitative estimate of drug-likeness (QED) is 0.621. The zero-order valence-electron chi connectivity index (χ0n) is 10.8. The molecule has 0 bridgehead atoms. The minimum Gasteiger partial charge on any atom is -0.356 e. The number of nitrogens with two attached hydrogens (primary N) is 1. The zero-order valence-corrected chi connectivity index (χ0v) is 11.6. The fraction of sp³-hybridized carbons (Fsp3) is 0.500. The number of anilines is 2. The van der Waals surface area contributed by atoms with Gasteiger partial charge in [-0.3, -0.25) is 5.43 Å². The molecule has 0 aliphatic heterocycles. The Kier molecular flexibility index (Phi) is 4.33. The lowest BCUT2D eigenvalue weighted by molar-refractivity contribution is 0.726. The van der Waals surface area contributed by atoms with Crippen molar-refractivity contribution in [2.45, 2.75) is 26.7 Å². The van der Waals surface area contributed by atoms with E-state index in [-0.39, 0.29) is 0 Å². The van der Waals surface area contributed by atoms with Crippen molar-refractivity contribution in [2.24, 2.45) is 5.84 Å². The van der Waals surface area contributed by atoms with Crippen molar-refractivity contribution in [1.29, 1.82) is 0 Å². The maximum atomic E-state index is 5.43. The van der Waals surface area contributed by atoms with E-state index in [1.54, 1.807) is 11.3 Å². The van der Waals surface area contributed by atoms with Gasteiger partial charge in [-0.1, -0.05) is 13.3 Å². The second-order valence-corrected chi connectivity index (χ2v) is 4.98. The third kappa shape index (κ3) is 2.54. The van der Waals surface area contributed by atoms with Gasteiger partial charge in [-0.2, -0.15) is 4.98 Å². The number of unbranched alkanes of at least 4 members (excludes halogenated alkanes) is 1. The maximum absolute atomic E-state index is 5.43. The van der Waals surface area contributed by atoms with Crippen molar-refractivity contribution in [2.75, 3.05) is 23.4 Å². The molecule has 5 nitrogen and oxygen atoms in total. The molecular formula is C12H19N5S. The van der Waals surface area contributed by atoms with E-state index in [1.165, 1.54) is 6.42 Å². The molecule has 0 saturated heterocycles. The number of fused-ring (bicyclic) bond motifs is 1. The molecule has 2 aromatic rings. The van der Waals surface area contributed by atoms with Gasteiger partial charge < -0.3 is 4.90 Å². The van der Waals surface area contributed by atoms with Crippen LogP contribution in [-0.2, 0) is 0 Å². The molecule has 18 heavy (non-hydrogen) atoms. The molecule has 0 saturated carbocycles. The Hall–Kier alpha value is -1.40. The van der Waals surface area contributed by atoms with Gasteiger partial charge >= 0.3 is 0 Å². The molecule has 3 N–H and O–H groups in total. The first-order valence-electron chi connectivity index (χ1n) is 6.27. The molecule has 0 unspecified atom stereocenters. The zero-order chi connectivity index (χ0) is 13.0. The largest absolute Gasteiger partial charge is 0.356 e. The highest BCUT2D eigenvalue weighted by atomic mass is 32.1. The second-order valence-electron chi connectivity index (χ2n) is 4.09. The van der Waals surface area contributed by atoms with E-state index in [4.69, 9.17) is 5.84 Å². The average Bonchev–Trinajstić information content (AvgIpc) is 2.87. The Labute approximate surface area is 111 Å². The SMILES string of the molecule is CCCCN(CC)c1nc(NN)nc2sccc12. The molecule has 0 amide bonds. The molecule has 0 fully saturated rings. The number of nitrogens with zero attached hydrogens (tertiary/aromatic N) is 3. The van der Waals surface area contributed by atoms with E-state index in [0.717, 1.165) is 35.5 Å². The van der Waals surface area contributed by atoms with Crippen LogP contribution < -0.4 is 16.2 Å². The van der Waals surface area contributed by atoms with Gasteiger partial charge in [-0.05, 0) is 24.8 Å². The van der Waals surface area contributed by atoms with Crippen molar-refractivity contribution in [3.63, 3.8) is 0 Å². The summed E-state index contributed by atoms with van der Waals surface area (Å²) in [6.07, 6.45) is 2.34. The lowest BCUT2D eigenvalue weighted by Gasteiger charge is -2.22. The molecule has 98 valence electrons. The molecule has 0 aliphatic carbocycles. The Balaban J connectivity index is 2.42. The number of rotatable bonds is 6. The van der Waals surface area contributed by atoms with Crippen LogP contribution in [0.4, 0.5) is 11.8 Å². The standard InChI is InChI=1S/C12H19N5S/c1-3-5-7-17(4-2)10-9-6-8-18-11(9)15-12(14-10)16-13/h6,8H,3-5,7,13H2,1-2H3,(H,14,15,16). The number of nitrogens with one attached hydrogen (secondary N) is 1. The van der Waals surface area contributed by atoms with Gasteiger partial charge in [-0.25, -0.2) is 10.8 Å². The van der Waals surface area contributed by atoms with Crippen molar-refractivity contribution >= 4 is 33.3 Å². The van der Waals surface area contributed by atoms with Crippen LogP contribution >= 0.6 is 11.3 Å². The predicted molar refractivity (Wildman–Crippen MR) is 78.0 cm³/mol. The van der Waals surface area contributed by atoms with E-state index in [9.17, 15) is 0 Å². The third-order valence-corrected chi connectivity index (χ3v) is 3.70. The molecule has 0 atom stereocenters. The van der Waals surface area contributed by atoms with Crippen LogP contribution in [0.5, 0.6) is 0 Å². The smallest absolute Gasteiger partial charge is 0.240 e. The lowest BCUT2D eigenvalue weighted by atomic mass is 10.3. The Bertz CT molecular complexity index is 510. The van der Waals surface area contributed by atoms with Gasteiger partial charge in [0.25, 0.3) is 0 Å². The van der Waals surface area contributed by atoms with Crippen LogP contribution in [0, 0.1) is 0 Å². The lowest BCUT2D eigenvalue weighted by Crippen LogP contribution is -2.25. The molecule has 0 radical (unpaired) electrons. The Morgan fingerprint density at radius 2 is 2.22 bits per heavy atom. The van der Waals surface area contributed by atoms with Crippen LogP contribution in [0.3, 0.4) is 0 Å². The molecular weight excluding hydrogens is 246 g/mol. The summed E-state index contributed by atoms with van der Waals surface area (Å²) in [7, 11) is 0. The summed E-state index contributed by atoms with van der Waals surface area (Å²) in [6, 6.07) is 2.07.